The Bertz CT molecular complexity index is 312. The molecule has 0 aliphatic heterocycles. The Kier molecular flexibility index (Phi) is 24.2. The first kappa shape index (κ1) is 27.2. The molecule has 8 heteroatoms. The summed E-state index contributed by atoms with van der Waals surface area (Å²) in [6.45, 7) is 7.17. The monoisotopic (exact) mass is 348 g/mol. The van der Waals surface area contributed by atoms with E-state index in [1.807, 2.05) is 0 Å². The van der Waals surface area contributed by atoms with Crippen molar-refractivity contribution in [3.8, 4) is 0 Å². The van der Waals surface area contributed by atoms with Crippen molar-refractivity contribution in [2.24, 2.45) is 17.4 Å². The number of aliphatic carboxylic acids is 1. The van der Waals surface area contributed by atoms with E-state index in [-0.39, 0.29) is 18.9 Å². The highest BCUT2D eigenvalue weighted by molar-refractivity contribution is 5.76. The fourth-order valence-electron chi connectivity index (χ4n) is 1.70. The summed E-state index contributed by atoms with van der Waals surface area (Å²) >= 11 is 0. The number of rotatable bonds is 10. The third kappa shape index (κ3) is 32.3. The van der Waals surface area contributed by atoms with Gasteiger partial charge in [0.25, 0.3) is 0 Å². The van der Waals surface area contributed by atoms with Crippen LogP contribution in [0, 0.1) is 5.92 Å². The van der Waals surface area contributed by atoms with Crippen LogP contribution in [-0.2, 0) is 14.4 Å². The number of carboxylic acid groups (broad SMARTS) is 1. The summed E-state index contributed by atoms with van der Waals surface area (Å²) in [5, 5.41) is 9.69. The Morgan fingerprint density at radius 3 is 2.12 bits per heavy atom. The lowest BCUT2D eigenvalue weighted by atomic mass is 10.1. The molecule has 6 N–H and O–H groups in total. The number of unbranched alkanes of at least 4 members (excludes halogenated alkanes) is 2. The molecule has 24 heavy (non-hydrogen) atoms. The molecule has 0 aliphatic rings. The van der Waals surface area contributed by atoms with E-state index in [1.165, 1.54) is 24.9 Å². The van der Waals surface area contributed by atoms with Crippen LogP contribution < -0.4 is 16.9 Å². The topological polar surface area (TPSA) is 139 Å². The fraction of sp³-hybridized carbons (Fsp3) is 0.812. The van der Waals surface area contributed by atoms with Gasteiger partial charge in [-0.15, -0.1) is 0 Å². The number of hydrogen-bond acceptors (Lipinski definition) is 5. The number of carboxylic acids is 1. The first-order chi connectivity index (χ1) is 11.2. The number of nitrogens with zero attached hydrogens (tertiary/aromatic N) is 1. The summed E-state index contributed by atoms with van der Waals surface area (Å²) in [6, 6.07) is 0. The summed E-state index contributed by atoms with van der Waals surface area (Å²) in [5.41, 5.74) is 11.9. The number of nitrogens with one attached hydrogen (secondary N) is 1. The number of nitrogens with two attached hydrogens (primary N) is 2. The van der Waals surface area contributed by atoms with Crippen LogP contribution in [0.2, 0.25) is 0 Å². The maximum atomic E-state index is 11.2. The molecule has 0 saturated carbocycles. The van der Waals surface area contributed by atoms with Gasteiger partial charge in [-0.25, -0.2) is 5.01 Å². The maximum absolute atomic E-state index is 11.2. The Hall–Kier alpha value is -1.67. The molecular formula is C16H36N4O4. The van der Waals surface area contributed by atoms with E-state index in [4.69, 9.17) is 15.6 Å². The molecule has 0 radical (unpaired) electrons. The number of carbonyl (C=O) groups is 3. The molecule has 0 aromatic heterocycles. The van der Waals surface area contributed by atoms with E-state index in [2.05, 4.69) is 31.9 Å². The van der Waals surface area contributed by atoms with E-state index >= 15 is 0 Å². The molecule has 0 bridgehead atoms. The Labute approximate surface area is 145 Å². The van der Waals surface area contributed by atoms with E-state index in [0.717, 1.165) is 25.2 Å². The van der Waals surface area contributed by atoms with E-state index in [0.29, 0.717) is 13.0 Å². The molecule has 0 aliphatic carbocycles. The van der Waals surface area contributed by atoms with Crippen LogP contribution in [0.4, 0.5) is 0 Å². The molecule has 0 aromatic carbocycles. The van der Waals surface area contributed by atoms with Gasteiger partial charge in [0.05, 0.1) is 0 Å². The van der Waals surface area contributed by atoms with Crippen molar-refractivity contribution in [2.45, 2.75) is 59.3 Å². The van der Waals surface area contributed by atoms with Gasteiger partial charge < -0.3 is 16.6 Å². The number of hydrogen-bond donors (Lipinski definition) is 4. The van der Waals surface area contributed by atoms with Crippen LogP contribution in [0.1, 0.15) is 59.3 Å². The summed E-state index contributed by atoms with van der Waals surface area (Å²) < 4.78 is 0. The van der Waals surface area contributed by atoms with Crippen LogP contribution in [0.25, 0.3) is 0 Å². The van der Waals surface area contributed by atoms with Gasteiger partial charge in [0.2, 0.25) is 12.3 Å². The van der Waals surface area contributed by atoms with Crippen LogP contribution in [0.5, 0.6) is 0 Å². The Balaban J connectivity index is -0.000000405. The second-order valence-corrected chi connectivity index (χ2v) is 5.70. The fourth-order valence-corrected chi connectivity index (χ4v) is 1.70. The molecule has 0 atom stereocenters. The highest BCUT2D eigenvalue weighted by Crippen LogP contribution is 2.00. The minimum absolute atomic E-state index is 0.157. The lowest BCUT2D eigenvalue weighted by Crippen LogP contribution is -2.42. The largest absolute Gasteiger partial charge is 0.480 e. The highest BCUT2D eigenvalue weighted by atomic mass is 16.4. The van der Waals surface area contributed by atoms with Gasteiger partial charge in [-0.1, -0.05) is 40.0 Å². The van der Waals surface area contributed by atoms with Crippen LogP contribution in [-0.4, -0.2) is 48.5 Å². The normalized spacial score (nSPS) is 9.46. The van der Waals surface area contributed by atoms with Gasteiger partial charge in [-0.05, 0) is 25.3 Å². The summed E-state index contributed by atoms with van der Waals surface area (Å²) in [6.07, 6.45) is 5.98. The Morgan fingerprint density at radius 1 is 1.25 bits per heavy atom. The average Bonchev–Trinajstić information content (AvgIpc) is 2.44. The third-order valence-corrected chi connectivity index (χ3v) is 2.66. The zero-order chi connectivity index (χ0) is 19.4. The van der Waals surface area contributed by atoms with Crippen molar-refractivity contribution in [2.75, 3.05) is 20.1 Å². The smallest absolute Gasteiger partial charge is 0.319 e. The van der Waals surface area contributed by atoms with Crippen molar-refractivity contribution in [1.29, 1.82) is 0 Å². The average molecular weight is 348 g/mol. The van der Waals surface area contributed by atoms with E-state index in [1.54, 1.807) is 0 Å². The van der Waals surface area contributed by atoms with Gasteiger partial charge in [-0.2, -0.15) is 0 Å². The van der Waals surface area contributed by atoms with Crippen LogP contribution >= 0.6 is 0 Å². The SMILES string of the molecule is CCCC(C)C.CN(CC(=O)O)NC(=O)CCCCCN.NC=O. The zero-order valence-electron chi connectivity index (χ0n) is 15.6. The molecule has 0 heterocycles. The van der Waals surface area contributed by atoms with Gasteiger partial charge in [-0.3, -0.25) is 19.8 Å². The molecule has 0 fully saturated rings. The van der Waals surface area contributed by atoms with E-state index < -0.39 is 5.97 Å². The second-order valence-electron chi connectivity index (χ2n) is 5.70. The van der Waals surface area contributed by atoms with Crippen molar-refractivity contribution >= 4 is 18.3 Å². The van der Waals surface area contributed by atoms with Crippen molar-refractivity contribution in [3.63, 3.8) is 0 Å². The number of carbonyl (C=O) groups excluding carboxylic acids is 2. The molecule has 0 rings (SSSR count). The molecule has 0 saturated heterocycles. The third-order valence-electron chi connectivity index (χ3n) is 2.66. The van der Waals surface area contributed by atoms with Crippen LogP contribution in [0.3, 0.4) is 0 Å². The molecule has 0 unspecified atom stereocenters. The lowest BCUT2D eigenvalue weighted by molar-refractivity contribution is -0.139. The predicted molar refractivity (Wildman–Crippen MR) is 95.9 cm³/mol. The molecule has 0 spiro atoms. The molecule has 2 amide bonds. The molecular weight excluding hydrogens is 312 g/mol. The summed E-state index contributed by atoms with van der Waals surface area (Å²) in [7, 11) is 1.52. The number of likely N-dealkylation sites (N-methyl/N-ethyl adjacent to an activating group) is 1. The summed E-state index contributed by atoms with van der Waals surface area (Å²) in [5.74, 6) is -0.230. The molecule has 8 nitrogen and oxygen atoms in total. The Morgan fingerprint density at radius 2 is 1.79 bits per heavy atom. The lowest BCUT2D eigenvalue weighted by Gasteiger charge is -2.15. The van der Waals surface area contributed by atoms with Crippen molar-refractivity contribution < 1.29 is 19.5 Å². The number of hydrazine groups is 1. The second kappa shape index (κ2) is 21.3. The molecule has 144 valence electrons. The van der Waals surface area contributed by atoms with E-state index in [9.17, 15) is 9.59 Å². The van der Waals surface area contributed by atoms with Gasteiger partial charge in [0.1, 0.15) is 6.54 Å². The number of amides is 2. The standard InChI is InChI=1S/C9H19N3O3.C6H14.CH3NO/c1-12(7-9(14)15)11-8(13)5-3-2-4-6-10;1-4-5-6(2)3;2-1-3/h2-7,10H2,1H3,(H,11,13)(H,14,15);6H,4-5H2,1-3H3;1H,(H2,2,3). The van der Waals surface area contributed by atoms with Crippen molar-refractivity contribution in [3.05, 3.63) is 0 Å². The predicted octanol–water partition coefficient (Wildman–Crippen LogP) is 1.10. The molecule has 0 aromatic rings. The van der Waals surface area contributed by atoms with Gasteiger partial charge in [0.15, 0.2) is 0 Å². The first-order valence-corrected chi connectivity index (χ1v) is 8.32. The minimum atomic E-state index is -0.971. The van der Waals surface area contributed by atoms with Crippen molar-refractivity contribution in [1.82, 2.24) is 10.4 Å². The highest BCUT2D eigenvalue weighted by Gasteiger charge is 2.07. The van der Waals surface area contributed by atoms with Gasteiger partial charge >= 0.3 is 5.97 Å². The van der Waals surface area contributed by atoms with Crippen LogP contribution in [0.15, 0.2) is 0 Å². The maximum Gasteiger partial charge on any atom is 0.319 e. The quantitative estimate of drug-likeness (QED) is 0.265. The van der Waals surface area contributed by atoms with Gasteiger partial charge in [0, 0.05) is 13.5 Å². The minimum Gasteiger partial charge on any atom is -0.480 e. The first-order valence-electron chi connectivity index (χ1n) is 8.32. The number of primary amides is 1. The summed E-state index contributed by atoms with van der Waals surface area (Å²) in [4.78, 5) is 30.1. The zero-order valence-corrected chi connectivity index (χ0v) is 15.6.